The van der Waals surface area contributed by atoms with Gasteiger partial charge in [0, 0.05) is 25.2 Å². The molecule has 0 bridgehead atoms. The summed E-state index contributed by atoms with van der Waals surface area (Å²) >= 11 is 0. The Morgan fingerprint density at radius 1 is 0.931 bits per heavy atom. The van der Waals surface area contributed by atoms with E-state index in [4.69, 9.17) is 0 Å². The van der Waals surface area contributed by atoms with Crippen LogP contribution in [0.4, 0.5) is 0 Å². The van der Waals surface area contributed by atoms with E-state index in [1.165, 1.54) is 0 Å². The first-order chi connectivity index (χ1) is 14.0. The van der Waals surface area contributed by atoms with Gasteiger partial charge in [0.2, 0.25) is 15.9 Å². The Bertz CT molecular complexity index is 929. The van der Waals surface area contributed by atoms with E-state index in [0.717, 1.165) is 5.56 Å². The van der Waals surface area contributed by atoms with Gasteiger partial charge in [-0.1, -0.05) is 48.5 Å². The molecule has 2 fully saturated rings. The van der Waals surface area contributed by atoms with Gasteiger partial charge >= 0.3 is 0 Å². The molecule has 29 heavy (non-hydrogen) atoms. The van der Waals surface area contributed by atoms with Gasteiger partial charge in [0.15, 0.2) is 0 Å². The van der Waals surface area contributed by atoms with Gasteiger partial charge in [0.05, 0.1) is 4.90 Å². The summed E-state index contributed by atoms with van der Waals surface area (Å²) in [5.74, 6) is 0.0697. The van der Waals surface area contributed by atoms with Gasteiger partial charge in [-0.05, 0) is 37.0 Å². The molecule has 0 aliphatic carbocycles. The Hall–Kier alpha value is -2.26. The lowest BCUT2D eigenvalue weighted by molar-refractivity contribution is -0.134. The van der Waals surface area contributed by atoms with Crippen molar-refractivity contribution >= 4 is 15.9 Å². The van der Waals surface area contributed by atoms with Crippen LogP contribution in [0.3, 0.4) is 0 Å². The van der Waals surface area contributed by atoms with Crippen LogP contribution >= 0.6 is 0 Å². The number of carbonyl (C=O) groups is 1. The van der Waals surface area contributed by atoms with Gasteiger partial charge < -0.3 is 4.90 Å². The van der Waals surface area contributed by atoms with Crippen LogP contribution in [0.25, 0.3) is 0 Å². The maximum absolute atomic E-state index is 12.9. The highest BCUT2D eigenvalue weighted by Gasteiger charge is 2.34. The standard InChI is InChI=1S/C21H26N4O3S/c26-21(20-15-19(22-23-20)16-7-3-1-4-8-16)25-13-11-17(12-14-25)24-29(27,28)18-9-5-2-6-10-18/h1-10,17,19-20,22-24H,11-15H2. The van der Waals surface area contributed by atoms with Gasteiger partial charge in [0.25, 0.3) is 0 Å². The van der Waals surface area contributed by atoms with E-state index in [2.05, 4.69) is 27.7 Å². The normalized spacial score (nSPS) is 23.2. The number of likely N-dealkylation sites (tertiary alicyclic amines) is 1. The summed E-state index contributed by atoms with van der Waals surface area (Å²) in [6.07, 6.45) is 1.92. The highest BCUT2D eigenvalue weighted by Crippen LogP contribution is 2.24. The quantitative estimate of drug-likeness (QED) is 0.691. The van der Waals surface area contributed by atoms with Crippen molar-refractivity contribution in [2.45, 2.75) is 42.3 Å². The fourth-order valence-electron chi connectivity index (χ4n) is 3.95. The first-order valence-electron chi connectivity index (χ1n) is 9.95. The Balaban J connectivity index is 1.29. The van der Waals surface area contributed by atoms with Gasteiger partial charge in [-0.2, -0.15) is 0 Å². The summed E-state index contributed by atoms with van der Waals surface area (Å²) in [4.78, 5) is 15.0. The molecule has 0 aromatic heterocycles. The van der Waals surface area contributed by atoms with E-state index in [0.29, 0.717) is 32.4 Å². The summed E-state index contributed by atoms with van der Waals surface area (Å²) in [5, 5.41) is 0. The summed E-state index contributed by atoms with van der Waals surface area (Å²) in [6.45, 7) is 1.10. The minimum atomic E-state index is -3.53. The van der Waals surface area contributed by atoms with Crippen LogP contribution in [0, 0.1) is 0 Å². The highest BCUT2D eigenvalue weighted by molar-refractivity contribution is 7.89. The van der Waals surface area contributed by atoms with Gasteiger partial charge in [-0.15, -0.1) is 0 Å². The van der Waals surface area contributed by atoms with E-state index < -0.39 is 10.0 Å². The Morgan fingerprint density at radius 3 is 2.21 bits per heavy atom. The summed E-state index contributed by atoms with van der Waals surface area (Å²) in [7, 11) is -3.53. The molecule has 2 aromatic rings. The third-order valence-corrected chi connectivity index (χ3v) is 7.12. The van der Waals surface area contributed by atoms with Crippen molar-refractivity contribution < 1.29 is 13.2 Å². The van der Waals surface area contributed by atoms with Crippen molar-refractivity contribution in [1.29, 1.82) is 0 Å². The molecule has 7 nitrogen and oxygen atoms in total. The molecule has 8 heteroatoms. The minimum Gasteiger partial charge on any atom is -0.341 e. The predicted molar refractivity (Wildman–Crippen MR) is 110 cm³/mol. The average molecular weight is 415 g/mol. The molecule has 0 saturated carbocycles. The zero-order chi connectivity index (χ0) is 20.3. The largest absolute Gasteiger partial charge is 0.341 e. The second-order valence-corrected chi connectivity index (χ2v) is 9.29. The van der Waals surface area contributed by atoms with E-state index >= 15 is 0 Å². The molecular weight excluding hydrogens is 388 g/mol. The van der Waals surface area contributed by atoms with E-state index in [1.807, 2.05) is 23.1 Å². The molecule has 0 spiro atoms. The highest BCUT2D eigenvalue weighted by atomic mass is 32.2. The minimum absolute atomic E-state index is 0.0697. The van der Waals surface area contributed by atoms with Crippen LogP contribution in [-0.4, -0.2) is 44.4 Å². The van der Waals surface area contributed by atoms with Gasteiger partial charge in [-0.25, -0.2) is 24.0 Å². The molecule has 3 N–H and O–H groups in total. The lowest BCUT2D eigenvalue weighted by Crippen LogP contribution is -2.51. The number of nitrogens with zero attached hydrogens (tertiary/aromatic N) is 1. The van der Waals surface area contributed by atoms with Crippen molar-refractivity contribution in [3.8, 4) is 0 Å². The SMILES string of the molecule is O=C(C1CC(c2ccccc2)NN1)N1CCC(NS(=O)(=O)c2ccccc2)CC1. The van der Waals surface area contributed by atoms with Crippen molar-refractivity contribution in [2.75, 3.05) is 13.1 Å². The van der Waals surface area contributed by atoms with Crippen molar-refractivity contribution in [3.63, 3.8) is 0 Å². The maximum Gasteiger partial charge on any atom is 0.241 e. The second-order valence-electron chi connectivity index (χ2n) is 7.57. The predicted octanol–water partition coefficient (Wildman–Crippen LogP) is 1.56. The molecule has 2 heterocycles. The molecule has 2 aliphatic heterocycles. The fourth-order valence-corrected chi connectivity index (χ4v) is 5.27. The first kappa shape index (κ1) is 20.0. The summed E-state index contributed by atoms with van der Waals surface area (Å²) in [6, 6.07) is 18.1. The van der Waals surface area contributed by atoms with Crippen LogP contribution in [0.5, 0.6) is 0 Å². The number of hydrogen-bond donors (Lipinski definition) is 3. The molecule has 2 saturated heterocycles. The van der Waals surface area contributed by atoms with Crippen molar-refractivity contribution in [1.82, 2.24) is 20.5 Å². The molecular formula is C21H26N4O3S. The summed E-state index contributed by atoms with van der Waals surface area (Å²) in [5.41, 5.74) is 7.49. The lowest BCUT2D eigenvalue weighted by Gasteiger charge is -2.33. The number of benzene rings is 2. The molecule has 154 valence electrons. The van der Waals surface area contributed by atoms with Crippen LogP contribution in [0.2, 0.25) is 0 Å². The van der Waals surface area contributed by atoms with Crippen LogP contribution in [0.1, 0.15) is 30.9 Å². The van der Waals surface area contributed by atoms with E-state index in [9.17, 15) is 13.2 Å². The topological polar surface area (TPSA) is 90.5 Å². The smallest absolute Gasteiger partial charge is 0.241 e. The maximum atomic E-state index is 12.9. The van der Waals surface area contributed by atoms with E-state index in [1.54, 1.807) is 30.3 Å². The number of piperidine rings is 1. The number of rotatable bonds is 5. The number of amides is 1. The molecule has 2 unspecified atom stereocenters. The van der Waals surface area contributed by atoms with Crippen LogP contribution in [0.15, 0.2) is 65.6 Å². The molecule has 4 rings (SSSR count). The zero-order valence-electron chi connectivity index (χ0n) is 16.1. The number of hydrogen-bond acceptors (Lipinski definition) is 5. The fraction of sp³-hybridized carbons (Fsp3) is 0.381. The Kier molecular flexibility index (Phi) is 5.96. The number of sulfonamides is 1. The number of carbonyl (C=O) groups excluding carboxylic acids is 1. The third kappa shape index (κ3) is 4.67. The third-order valence-electron chi connectivity index (χ3n) is 5.59. The molecule has 2 aliphatic rings. The van der Waals surface area contributed by atoms with Crippen molar-refractivity contribution in [2.24, 2.45) is 0 Å². The molecule has 2 atom stereocenters. The summed E-state index contributed by atoms with van der Waals surface area (Å²) < 4.78 is 27.7. The number of hydrazine groups is 1. The van der Waals surface area contributed by atoms with Crippen molar-refractivity contribution in [3.05, 3.63) is 66.2 Å². The average Bonchev–Trinajstić information content (AvgIpc) is 3.25. The monoisotopic (exact) mass is 414 g/mol. The zero-order valence-corrected chi connectivity index (χ0v) is 16.9. The molecule has 0 radical (unpaired) electrons. The van der Waals surface area contributed by atoms with E-state index in [-0.39, 0.29) is 28.9 Å². The Labute approximate surface area is 171 Å². The Morgan fingerprint density at radius 2 is 1.55 bits per heavy atom. The lowest BCUT2D eigenvalue weighted by atomic mass is 10.0. The first-order valence-corrected chi connectivity index (χ1v) is 11.4. The number of nitrogens with one attached hydrogen (secondary N) is 3. The van der Waals surface area contributed by atoms with Crippen LogP contribution < -0.4 is 15.6 Å². The van der Waals surface area contributed by atoms with Gasteiger partial charge in [0.1, 0.15) is 6.04 Å². The van der Waals surface area contributed by atoms with Crippen LogP contribution in [-0.2, 0) is 14.8 Å². The van der Waals surface area contributed by atoms with Gasteiger partial charge in [-0.3, -0.25) is 4.79 Å². The second kappa shape index (κ2) is 8.62. The molecule has 2 aromatic carbocycles. The molecule has 1 amide bonds.